The van der Waals surface area contributed by atoms with Gasteiger partial charge in [-0.05, 0) is 25.0 Å². The summed E-state index contributed by atoms with van der Waals surface area (Å²) in [4.78, 5) is 24.2. The Morgan fingerprint density at radius 1 is 0.477 bits per heavy atom. The lowest BCUT2D eigenvalue weighted by Gasteiger charge is -2.29. The van der Waals surface area contributed by atoms with Gasteiger partial charge in [0, 0.05) is 12.8 Å². The monoisotopic (exact) mass is 666 g/mol. The van der Waals surface area contributed by atoms with Gasteiger partial charge < -0.3 is 43.3 Å². The van der Waals surface area contributed by atoms with Gasteiger partial charge in [-0.15, -0.1) is 0 Å². The second-order valence-corrected chi connectivity index (χ2v) is 13.8. The van der Waals surface area contributed by atoms with Gasteiger partial charge in [-0.3, -0.25) is 9.59 Å². The SMILES string of the molecule is CCCCCCCCCCCC(=O)OCC[N+](C)(C)C/C=C/C[N+](C)(C)CCOC(=O)CCCCCCCCCCC.[Cl-].[Cl-]. The normalized spacial score (nSPS) is 11.7. The molecular weight excluding hydrogens is 595 g/mol. The smallest absolute Gasteiger partial charge is 0.305 e. The van der Waals surface area contributed by atoms with E-state index in [2.05, 4.69) is 54.2 Å². The van der Waals surface area contributed by atoms with Crippen LogP contribution in [0.25, 0.3) is 0 Å². The van der Waals surface area contributed by atoms with Crippen LogP contribution in [0.5, 0.6) is 0 Å². The lowest BCUT2D eigenvalue weighted by molar-refractivity contribution is -0.887. The Labute approximate surface area is 286 Å². The Morgan fingerprint density at radius 3 is 1.05 bits per heavy atom. The van der Waals surface area contributed by atoms with Gasteiger partial charge in [-0.2, -0.15) is 0 Å². The molecule has 0 spiro atoms. The van der Waals surface area contributed by atoms with E-state index in [9.17, 15) is 9.59 Å². The summed E-state index contributed by atoms with van der Waals surface area (Å²) < 4.78 is 12.6. The van der Waals surface area contributed by atoms with Crippen LogP contribution in [0.4, 0.5) is 0 Å². The number of carbonyl (C=O) groups excluding carboxylic acids is 2. The third-order valence-electron chi connectivity index (χ3n) is 8.25. The van der Waals surface area contributed by atoms with Crippen LogP contribution in [-0.4, -0.2) is 88.5 Å². The third kappa shape index (κ3) is 34.1. The van der Waals surface area contributed by atoms with Crippen LogP contribution in [0.15, 0.2) is 12.2 Å². The van der Waals surface area contributed by atoms with Crippen LogP contribution in [0.1, 0.15) is 142 Å². The number of hydrogen-bond donors (Lipinski definition) is 0. The topological polar surface area (TPSA) is 52.6 Å². The molecule has 0 radical (unpaired) electrons. The zero-order chi connectivity index (χ0) is 31.4. The number of ether oxygens (including phenoxy) is 2. The second-order valence-electron chi connectivity index (χ2n) is 13.8. The molecule has 264 valence electrons. The fourth-order valence-corrected chi connectivity index (χ4v) is 5.02. The molecular formula is C36H72Cl2N2O4. The molecule has 0 aromatic rings. The van der Waals surface area contributed by atoms with Crippen molar-refractivity contribution in [2.45, 2.75) is 142 Å². The van der Waals surface area contributed by atoms with Crippen molar-refractivity contribution < 1.29 is 52.8 Å². The zero-order valence-corrected chi connectivity index (χ0v) is 31.3. The molecule has 0 aliphatic heterocycles. The average molecular weight is 668 g/mol. The van der Waals surface area contributed by atoms with Crippen LogP contribution in [-0.2, 0) is 19.1 Å². The molecule has 0 aliphatic rings. The number of likely N-dealkylation sites (N-methyl/N-ethyl adjacent to an activating group) is 2. The first-order chi connectivity index (χ1) is 20.1. The van der Waals surface area contributed by atoms with Gasteiger partial charge in [0.15, 0.2) is 0 Å². The van der Waals surface area contributed by atoms with E-state index in [-0.39, 0.29) is 36.8 Å². The van der Waals surface area contributed by atoms with Gasteiger partial charge in [-0.25, -0.2) is 0 Å². The van der Waals surface area contributed by atoms with E-state index >= 15 is 0 Å². The first kappa shape index (κ1) is 47.6. The number of esters is 2. The molecule has 8 heteroatoms. The molecule has 6 nitrogen and oxygen atoms in total. The van der Waals surface area contributed by atoms with Crippen LogP contribution in [0.3, 0.4) is 0 Å². The summed E-state index contributed by atoms with van der Waals surface area (Å²) in [6.07, 6.45) is 28.1. The molecule has 0 heterocycles. The summed E-state index contributed by atoms with van der Waals surface area (Å²) in [6.45, 7) is 8.85. The van der Waals surface area contributed by atoms with Gasteiger partial charge in [0.2, 0.25) is 0 Å². The second kappa shape index (κ2) is 32.1. The predicted molar refractivity (Wildman–Crippen MR) is 178 cm³/mol. The van der Waals surface area contributed by atoms with Crippen molar-refractivity contribution in [1.29, 1.82) is 0 Å². The van der Waals surface area contributed by atoms with Gasteiger partial charge >= 0.3 is 11.9 Å². The zero-order valence-electron chi connectivity index (χ0n) is 29.8. The first-order valence-corrected chi connectivity index (χ1v) is 17.7. The molecule has 0 N–H and O–H groups in total. The summed E-state index contributed by atoms with van der Waals surface area (Å²) in [6, 6.07) is 0. The third-order valence-corrected chi connectivity index (χ3v) is 8.25. The maximum absolute atomic E-state index is 12.1. The number of rotatable bonds is 30. The van der Waals surface area contributed by atoms with Crippen molar-refractivity contribution >= 4 is 11.9 Å². The van der Waals surface area contributed by atoms with E-state index in [1.54, 1.807) is 0 Å². The van der Waals surface area contributed by atoms with Crippen molar-refractivity contribution in [1.82, 2.24) is 0 Å². The Kier molecular flexibility index (Phi) is 34.8. The highest BCUT2D eigenvalue weighted by Gasteiger charge is 2.16. The quantitative estimate of drug-likeness (QED) is 0.0512. The van der Waals surface area contributed by atoms with Crippen molar-refractivity contribution in [3.8, 4) is 0 Å². The maximum Gasteiger partial charge on any atom is 0.305 e. The summed E-state index contributed by atoms with van der Waals surface area (Å²) in [5, 5.41) is 0. The van der Waals surface area contributed by atoms with Gasteiger partial charge in [0.05, 0.1) is 41.3 Å². The average Bonchev–Trinajstić information content (AvgIpc) is 2.93. The number of carbonyl (C=O) groups is 2. The largest absolute Gasteiger partial charge is 1.00 e. The molecule has 0 unspecified atom stereocenters. The minimum atomic E-state index is -0.0543. The summed E-state index contributed by atoms with van der Waals surface area (Å²) in [5.74, 6) is -0.109. The Morgan fingerprint density at radius 2 is 0.750 bits per heavy atom. The van der Waals surface area contributed by atoms with Crippen molar-refractivity contribution in [3.63, 3.8) is 0 Å². The van der Waals surface area contributed by atoms with Crippen molar-refractivity contribution in [3.05, 3.63) is 12.2 Å². The van der Waals surface area contributed by atoms with E-state index in [0.29, 0.717) is 26.1 Å². The Hall–Kier alpha value is -0.820. The molecule has 0 rings (SSSR count). The minimum Gasteiger partial charge on any atom is -1.00 e. The molecule has 0 atom stereocenters. The van der Waals surface area contributed by atoms with Gasteiger partial charge in [0.25, 0.3) is 0 Å². The first-order valence-electron chi connectivity index (χ1n) is 17.7. The molecule has 0 bridgehead atoms. The number of hydrogen-bond acceptors (Lipinski definition) is 4. The lowest BCUT2D eigenvalue weighted by Crippen LogP contribution is -3.00. The van der Waals surface area contributed by atoms with Gasteiger partial charge in [-0.1, -0.05) is 117 Å². The summed E-state index contributed by atoms with van der Waals surface area (Å²) in [5.41, 5.74) is 0. The lowest BCUT2D eigenvalue weighted by atomic mass is 10.1. The fourth-order valence-electron chi connectivity index (χ4n) is 5.02. The van der Waals surface area contributed by atoms with E-state index in [1.807, 2.05) is 0 Å². The van der Waals surface area contributed by atoms with Crippen molar-refractivity contribution in [2.24, 2.45) is 0 Å². The summed E-state index contributed by atoms with van der Waals surface area (Å²) >= 11 is 0. The van der Waals surface area contributed by atoms with E-state index in [1.165, 1.54) is 89.9 Å². The number of quaternary nitrogens is 2. The number of halogens is 2. The molecule has 0 aromatic heterocycles. The molecule has 0 saturated carbocycles. The summed E-state index contributed by atoms with van der Waals surface area (Å²) in [7, 11) is 8.69. The van der Waals surface area contributed by atoms with Crippen LogP contribution >= 0.6 is 0 Å². The van der Waals surface area contributed by atoms with E-state index in [0.717, 1.165) is 60.8 Å². The molecule has 44 heavy (non-hydrogen) atoms. The molecule has 0 aliphatic carbocycles. The van der Waals surface area contributed by atoms with Gasteiger partial charge in [0.1, 0.15) is 26.3 Å². The molecule has 0 aromatic carbocycles. The fraction of sp³-hybridized carbons (Fsp3) is 0.889. The molecule has 0 saturated heterocycles. The predicted octanol–water partition coefficient (Wildman–Crippen LogP) is 2.63. The van der Waals surface area contributed by atoms with Crippen molar-refractivity contribution in [2.75, 3.05) is 67.6 Å². The maximum atomic E-state index is 12.1. The highest BCUT2D eigenvalue weighted by molar-refractivity contribution is 5.69. The molecule has 0 fully saturated rings. The van der Waals surface area contributed by atoms with E-state index in [4.69, 9.17) is 9.47 Å². The number of nitrogens with zero attached hydrogens (tertiary/aromatic N) is 2. The van der Waals surface area contributed by atoms with Crippen LogP contribution in [0.2, 0.25) is 0 Å². The van der Waals surface area contributed by atoms with E-state index < -0.39 is 0 Å². The standard InChI is InChI=1S/C36H72N2O4.2ClH/c1-7-9-11-13-15-17-19-21-23-27-35(39)41-33-31-37(3,4)29-25-26-30-38(5,6)32-34-42-36(40)28-24-22-20-18-16-14-12-10-8-2;;/h25-26H,7-24,27-34H2,1-6H3;2*1H/q+2;;/p-2/b26-25+;;. The van der Waals surface area contributed by atoms with Crippen LogP contribution in [0, 0.1) is 0 Å². The number of unbranched alkanes of at least 4 members (excludes halogenated alkanes) is 16. The minimum absolute atomic E-state index is 0. The Bertz CT molecular complexity index is 631. The molecule has 0 amide bonds. The highest BCUT2D eigenvalue weighted by atomic mass is 35.5. The highest BCUT2D eigenvalue weighted by Crippen LogP contribution is 2.12. The Balaban J connectivity index is -0.00000840. The van der Waals surface area contributed by atoms with Crippen LogP contribution < -0.4 is 24.8 Å².